The minimum absolute atomic E-state index is 0.265. The highest BCUT2D eigenvalue weighted by Crippen LogP contribution is 2.17. The van der Waals surface area contributed by atoms with E-state index in [1.165, 1.54) is 7.11 Å². The molecule has 0 spiro atoms. The number of nitrogens with one attached hydrogen (secondary N) is 1. The molecule has 2 aromatic rings. The van der Waals surface area contributed by atoms with Crippen LogP contribution in [0.3, 0.4) is 0 Å². The number of esters is 1. The van der Waals surface area contributed by atoms with Gasteiger partial charge in [-0.25, -0.2) is 4.79 Å². The summed E-state index contributed by atoms with van der Waals surface area (Å²) in [5.41, 5.74) is 1.51. The Morgan fingerprint density at radius 2 is 2.00 bits per heavy atom. The van der Waals surface area contributed by atoms with Gasteiger partial charge in [0.1, 0.15) is 6.04 Å². The van der Waals surface area contributed by atoms with Crippen LogP contribution in [0.25, 0.3) is 10.9 Å². The van der Waals surface area contributed by atoms with E-state index in [1.807, 2.05) is 49.9 Å². The highest BCUT2D eigenvalue weighted by molar-refractivity contribution is 5.99. The number of aromatic nitrogens is 1. The van der Waals surface area contributed by atoms with Crippen LogP contribution in [0, 0.1) is 5.92 Å². The van der Waals surface area contributed by atoms with Crippen LogP contribution in [0.1, 0.15) is 30.6 Å². The van der Waals surface area contributed by atoms with Crippen molar-refractivity contribution in [1.29, 1.82) is 0 Å². The quantitative estimate of drug-likeness (QED) is 0.863. The van der Waals surface area contributed by atoms with E-state index >= 15 is 0 Å². The van der Waals surface area contributed by atoms with Gasteiger partial charge in [0.25, 0.3) is 5.91 Å². The molecule has 0 radical (unpaired) electrons. The van der Waals surface area contributed by atoms with Crippen LogP contribution in [0.15, 0.2) is 30.5 Å². The summed E-state index contributed by atoms with van der Waals surface area (Å²) in [5, 5.41) is 3.84. The van der Waals surface area contributed by atoms with Crippen LogP contribution in [0.5, 0.6) is 0 Å². The first-order valence-electron chi connectivity index (χ1n) is 7.36. The molecule has 0 aliphatic rings. The van der Waals surface area contributed by atoms with Gasteiger partial charge in [-0.1, -0.05) is 19.9 Å². The number of amides is 1. The first-order valence-corrected chi connectivity index (χ1v) is 7.36. The maximum absolute atomic E-state index is 12.4. The molecule has 5 nitrogen and oxygen atoms in total. The number of methoxy groups -OCH3 is 1. The first kappa shape index (κ1) is 16.1. The van der Waals surface area contributed by atoms with Crippen molar-refractivity contribution in [2.45, 2.75) is 26.3 Å². The predicted molar refractivity (Wildman–Crippen MR) is 85.6 cm³/mol. The molecule has 1 aromatic heterocycles. The van der Waals surface area contributed by atoms with Crippen molar-refractivity contribution in [2.75, 3.05) is 7.11 Å². The number of rotatable bonds is 5. The molecule has 0 unspecified atom stereocenters. The average Bonchev–Trinajstić information content (AvgIpc) is 2.86. The minimum Gasteiger partial charge on any atom is -0.467 e. The SMILES string of the molecule is COC(=O)[C@H](CC(C)C)NC(=O)c1ccc2ccn(C)c2c1. The van der Waals surface area contributed by atoms with Gasteiger partial charge in [-0.05, 0) is 35.9 Å². The molecular weight excluding hydrogens is 280 g/mol. The number of hydrogen-bond acceptors (Lipinski definition) is 3. The fraction of sp³-hybridized carbons (Fsp3) is 0.412. The minimum atomic E-state index is -0.624. The monoisotopic (exact) mass is 302 g/mol. The summed E-state index contributed by atoms with van der Waals surface area (Å²) < 4.78 is 6.73. The zero-order chi connectivity index (χ0) is 16.3. The molecule has 0 bridgehead atoms. The zero-order valence-corrected chi connectivity index (χ0v) is 13.4. The summed E-state index contributed by atoms with van der Waals surface area (Å²) in [6, 6.07) is 6.87. The Bertz CT molecular complexity index is 688. The molecule has 0 fully saturated rings. The van der Waals surface area contributed by atoms with E-state index in [4.69, 9.17) is 4.74 Å². The number of ether oxygens (including phenoxy) is 1. The number of carbonyl (C=O) groups excluding carboxylic acids is 2. The molecule has 1 aromatic carbocycles. The van der Waals surface area contributed by atoms with Gasteiger partial charge in [0, 0.05) is 24.3 Å². The second-order valence-electron chi connectivity index (χ2n) is 5.88. The summed E-state index contributed by atoms with van der Waals surface area (Å²) in [4.78, 5) is 24.2. The number of benzene rings is 1. The van der Waals surface area contributed by atoms with E-state index in [0.29, 0.717) is 12.0 Å². The lowest BCUT2D eigenvalue weighted by Crippen LogP contribution is -2.42. The van der Waals surface area contributed by atoms with Gasteiger partial charge in [-0.2, -0.15) is 0 Å². The lowest BCUT2D eigenvalue weighted by Gasteiger charge is -2.18. The Morgan fingerprint density at radius 1 is 1.27 bits per heavy atom. The molecule has 5 heteroatoms. The van der Waals surface area contributed by atoms with Crippen molar-refractivity contribution >= 4 is 22.8 Å². The maximum atomic E-state index is 12.4. The number of nitrogens with zero attached hydrogens (tertiary/aromatic N) is 1. The topological polar surface area (TPSA) is 60.3 Å². The average molecular weight is 302 g/mol. The molecule has 1 heterocycles. The summed E-state index contributed by atoms with van der Waals surface area (Å²) in [6.45, 7) is 4.00. The molecule has 0 saturated heterocycles. The van der Waals surface area contributed by atoms with E-state index in [2.05, 4.69) is 5.32 Å². The largest absolute Gasteiger partial charge is 0.467 e. The normalized spacial score (nSPS) is 12.4. The van der Waals surface area contributed by atoms with Gasteiger partial charge in [-0.3, -0.25) is 4.79 Å². The fourth-order valence-corrected chi connectivity index (χ4v) is 2.47. The highest BCUT2D eigenvalue weighted by atomic mass is 16.5. The lowest BCUT2D eigenvalue weighted by atomic mass is 10.0. The third-order valence-corrected chi connectivity index (χ3v) is 3.65. The van der Waals surface area contributed by atoms with E-state index in [1.54, 1.807) is 6.07 Å². The Kier molecular flexibility index (Phi) is 4.85. The molecule has 118 valence electrons. The molecule has 1 amide bonds. The van der Waals surface area contributed by atoms with Crippen LogP contribution < -0.4 is 5.32 Å². The third kappa shape index (κ3) is 3.47. The van der Waals surface area contributed by atoms with Gasteiger partial charge in [0.2, 0.25) is 0 Å². The number of fused-ring (bicyclic) bond motifs is 1. The zero-order valence-electron chi connectivity index (χ0n) is 13.4. The van der Waals surface area contributed by atoms with Gasteiger partial charge in [0.05, 0.1) is 7.11 Å². The van der Waals surface area contributed by atoms with Crippen molar-refractivity contribution in [3.63, 3.8) is 0 Å². The van der Waals surface area contributed by atoms with E-state index in [-0.39, 0.29) is 11.8 Å². The standard InChI is InChI=1S/C17H22N2O3/c1-11(2)9-14(17(21)22-4)18-16(20)13-6-5-12-7-8-19(3)15(12)10-13/h5-8,10-11,14H,9H2,1-4H3,(H,18,20)/t14-/m0/s1. The Hall–Kier alpha value is -2.30. The molecule has 22 heavy (non-hydrogen) atoms. The van der Waals surface area contributed by atoms with Crippen LogP contribution >= 0.6 is 0 Å². The number of aryl methyl sites for hydroxylation is 1. The Labute approximate surface area is 130 Å². The molecule has 0 aliphatic heterocycles. The fourth-order valence-electron chi connectivity index (χ4n) is 2.47. The predicted octanol–water partition coefficient (Wildman–Crippen LogP) is 2.50. The first-order chi connectivity index (χ1) is 10.4. The molecule has 0 saturated carbocycles. The number of hydrogen-bond donors (Lipinski definition) is 1. The second kappa shape index (κ2) is 6.64. The Morgan fingerprint density at radius 3 is 2.64 bits per heavy atom. The van der Waals surface area contributed by atoms with Gasteiger partial charge in [0.15, 0.2) is 0 Å². The van der Waals surface area contributed by atoms with Crippen molar-refractivity contribution in [1.82, 2.24) is 9.88 Å². The molecular formula is C17H22N2O3. The van der Waals surface area contributed by atoms with Crippen LogP contribution in [-0.4, -0.2) is 29.6 Å². The highest BCUT2D eigenvalue weighted by Gasteiger charge is 2.23. The van der Waals surface area contributed by atoms with Gasteiger partial charge >= 0.3 is 5.97 Å². The molecule has 2 rings (SSSR count). The van der Waals surface area contributed by atoms with Crippen molar-refractivity contribution < 1.29 is 14.3 Å². The molecule has 1 atom stereocenters. The van der Waals surface area contributed by atoms with Crippen molar-refractivity contribution in [2.24, 2.45) is 13.0 Å². The van der Waals surface area contributed by atoms with Crippen LogP contribution in [0.4, 0.5) is 0 Å². The van der Waals surface area contributed by atoms with E-state index in [9.17, 15) is 9.59 Å². The van der Waals surface area contributed by atoms with E-state index in [0.717, 1.165) is 10.9 Å². The lowest BCUT2D eigenvalue weighted by molar-refractivity contribution is -0.143. The van der Waals surface area contributed by atoms with E-state index < -0.39 is 12.0 Å². The Balaban J connectivity index is 2.20. The van der Waals surface area contributed by atoms with Gasteiger partial charge in [-0.15, -0.1) is 0 Å². The summed E-state index contributed by atoms with van der Waals surface area (Å²) >= 11 is 0. The second-order valence-corrected chi connectivity index (χ2v) is 5.88. The summed E-state index contributed by atoms with van der Waals surface area (Å²) in [6.07, 6.45) is 2.49. The molecule has 1 N–H and O–H groups in total. The summed E-state index contributed by atoms with van der Waals surface area (Å²) in [7, 11) is 3.26. The van der Waals surface area contributed by atoms with Crippen molar-refractivity contribution in [3.8, 4) is 0 Å². The number of carbonyl (C=O) groups is 2. The van der Waals surface area contributed by atoms with Crippen LogP contribution in [0.2, 0.25) is 0 Å². The smallest absolute Gasteiger partial charge is 0.328 e. The summed E-state index contributed by atoms with van der Waals surface area (Å²) in [5.74, 6) is -0.402. The maximum Gasteiger partial charge on any atom is 0.328 e. The van der Waals surface area contributed by atoms with Gasteiger partial charge < -0.3 is 14.6 Å². The van der Waals surface area contributed by atoms with Crippen molar-refractivity contribution in [3.05, 3.63) is 36.0 Å². The molecule has 0 aliphatic carbocycles. The third-order valence-electron chi connectivity index (χ3n) is 3.65. The van der Waals surface area contributed by atoms with Crippen LogP contribution in [-0.2, 0) is 16.6 Å².